The summed E-state index contributed by atoms with van der Waals surface area (Å²) in [6.45, 7) is 11.1. The molecule has 1 aliphatic heterocycles. The summed E-state index contributed by atoms with van der Waals surface area (Å²) in [5.74, 6) is 1.47. The highest BCUT2D eigenvalue weighted by atomic mass is 16.3. The van der Waals surface area contributed by atoms with Gasteiger partial charge in [-0.3, -0.25) is 4.90 Å². The minimum atomic E-state index is -0.154. The van der Waals surface area contributed by atoms with E-state index in [-0.39, 0.29) is 11.3 Å². The second kappa shape index (κ2) is 8.88. The van der Waals surface area contributed by atoms with Crippen molar-refractivity contribution in [3.8, 4) is 17.0 Å². The van der Waals surface area contributed by atoms with Gasteiger partial charge in [0.15, 0.2) is 0 Å². The first kappa shape index (κ1) is 24.0. The molecule has 3 aromatic carbocycles. The van der Waals surface area contributed by atoms with Gasteiger partial charge >= 0.3 is 0 Å². The molecule has 0 saturated heterocycles. The Bertz CT molecular complexity index is 1670. The number of anilines is 5. The van der Waals surface area contributed by atoms with E-state index in [0.29, 0.717) is 11.4 Å². The second-order valence-electron chi connectivity index (χ2n) is 11.2. The Morgan fingerprint density at radius 1 is 0.763 bits per heavy atom. The van der Waals surface area contributed by atoms with Gasteiger partial charge in [0.05, 0.1) is 28.4 Å². The Kier molecular flexibility index (Phi) is 5.60. The van der Waals surface area contributed by atoms with Crippen LogP contribution in [0.2, 0.25) is 0 Å². The summed E-state index contributed by atoms with van der Waals surface area (Å²) in [6.07, 6.45) is 1.90. The molecule has 1 N–H and O–H groups in total. The zero-order valence-corrected chi connectivity index (χ0v) is 22.5. The van der Waals surface area contributed by atoms with E-state index in [1.165, 1.54) is 5.56 Å². The first-order valence-corrected chi connectivity index (χ1v) is 13.1. The topological polar surface area (TPSA) is 52.5 Å². The smallest absolute Gasteiger partial charge is 0.141 e. The second-order valence-corrected chi connectivity index (χ2v) is 11.2. The van der Waals surface area contributed by atoms with Crippen LogP contribution in [0.15, 0.2) is 91.1 Å². The maximum atomic E-state index is 10.4. The number of phenolic OH excluding ortho intramolecular Hbond substituents is 1. The third-order valence-corrected chi connectivity index (χ3v) is 7.15. The number of hydrogen-bond donors (Lipinski definition) is 1. The average Bonchev–Trinajstić information content (AvgIpc) is 2.90. The van der Waals surface area contributed by atoms with E-state index in [2.05, 4.69) is 99.0 Å². The standard InChI is InChI=1S/C33H32N4O/c1-21(2)23-17-18-34-31(20-23)36-26-10-6-7-11-27(26)37(33(3,4)5)28-16-14-24(19-29(28)36)25-15-13-22-9-8-12-30(38)32(22)35-25/h6-21,38H,1-5H3. The number of rotatable bonds is 3. The Hall–Kier alpha value is -4.38. The first-order chi connectivity index (χ1) is 18.2. The summed E-state index contributed by atoms with van der Waals surface area (Å²) >= 11 is 0. The van der Waals surface area contributed by atoms with Gasteiger partial charge in [-0.25, -0.2) is 9.97 Å². The lowest BCUT2D eigenvalue weighted by Gasteiger charge is -2.46. The van der Waals surface area contributed by atoms with E-state index >= 15 is 0 Å². The number of fused-ring (bicyclic) bond motifs is 3. The van der Waals surface area contributed by atoms with Gasteiger partial charge in [0, 0.05) is 22.7 Å². The first-order valence-electron chi connectivity index (χ1n) is 13.1. The van der Waals surface area contributed by atoms with E-state index in [4.69, 9.17) is 9.97 Å². The Morgan fingerprint density at radius 2 is 1.53 bits per heavy atom. The van der Waals surface area contributed by atoms with E-state index in [1.807, 2.05) is 30.5 Å². The number of aromatic hydroxyl groups is 1. The van der Waals surface area contributed by atoms with E-state index in [0.717, 1.165) is 45.2 Å². The molecule has 2 aromatic heterocycles. The van der Waals surface area contributed by atoms with Crippen molar-refractivity contribution >= 4 is 39.5 Å². The molecule has 0 unspecified atom stereocenters. The van der Waals surface area contributed by atoms with Crippen molar-refractivity contribution in [2.45, 2.75) is 46.1 Å². The Morgan fingerprint density at radius 3 is 2.29 bits per heavy atom. The molecule has 0 spiro atoms. The number of para-hydroxylation sites is 3. The maximum absolute atomic E-state index is 10.4. The van der Waals surface area contributed by atoms with Gasteiger partial charge in [-0.15, -0.1) is 0 Å². The molecule has 1 aliphatic rings. The number of benzene rings is 3. The minimum absolute atomic E-state index is 0.154. The molecule has 5 nitrogen and oxygen atoms in total. The van der Waals surface area contributed by atoms with Gasteiger partial charge in [0.25, 0.3) is 0 Å². The number of hydrogen-bond acceptors (Lipinski definition) is 5. The largest absolute Gasteiger partial charge is 0.506 e. The zero-order valence-electron chi connectivity index (χ0n) is 22.5. The van der Waals surface area contributed by atoms with Crippen LogP contribution in [0.25, 0.3) is 22.2 Å². The highest BCUT2D eigenvalue weighted by Crippen LogP contribution is 2.54. The van der Waals surface area contributed by atoms with Crippen molar-refractivity contribution in [1.29, 1.82) is 0 Å². The fraction of sp³-hybridized carbons (Fsp3) is 0.212. The van der Waals surface area contributed by atoms with Crippen LogP contribution in [0, 0.1) is 0 Å². The molecule has 0 aliphatic carbocycles. The van der Waals surface area contributed by atoms with Gasteiger partial charge in [0.1, 0.15) is 17.1 Å². The summed E-state index contributed by atoms with van der Waals surface area (Å²) in [6, 6.07) is 28.8. The highest BCUT2D eigenvalue weighted by Gasteiger charge is 2.35. The molecule has 3 heterocycles. The molecule has 6 rings (SSSR count). The van der Waals surface area contributed by atoms with Gasteiger partial charge in [0.2, 0.25) is 0 Å². The summed E-state index contributed by atoms with van der Waals surface area (Å²) in [4.78, 5) is 14.4. The predicted molar refractivity (Wildman–Crippen MR) is 157 cm³/mol. The predicted octanol–water partition coefficient (Wildman–Crippen LogP) is 8.85. The van der Waals surface area contributed by atoms with Crippen LogP contribution in [-0.2, 0) is 0 Å². The van der Waals surface area contributed by atoms with Gasteiger partial charge in [-0.1, -0.05) is 50.2 Å². The summed E-state index contributed by atoms with van der Waals surface area (Å²) in [7, 11) is 0. The van der Waals surface area contributed by atoms with E-state index < -0.39 is 0 Å². The van der Waals surface area contributed by atoms with Crippen molar-refractivity contribution in [3.63, 3.8) is 0 Å². The molecule has 0 atom stereocenters. The summed E-state index contributed by atoms with van der Waals surface area (Å²) < 4.78 is 0. The van der Waals surface area contributed by atoms with Crippen LogP contribution >= 0.6 is 0 Å². The van der Waals surface area contributed by atoms with Crippen LogP contribution in [0.4, 0.5) is 28.6 Å². The number of phenols is 1. The molecule has 0 amide bonds. The quantitative estimate of drug-likeness (QED) is 0.268. The van der Waals surface area contributed by atoms with Crippen molar-refractivity contribution in [3.05, 3.63) is 96.7 Å². The maximum Gasteiger partial charge on any atom is 0.141 e. The van der Waals surface area contributed by atoms with Gasteiger partial charge in [-0.2, -0.15) is 0 Å². The van der Waals surface area contributed by atoms with E-state index in [9.17, 15) is 5.11 Å². The van der Waals surface area contributed by atoms with Crippen molar-refractivity contribution < 1.29 is 5.11 Å². The lowest BCUT2D eigenvalue weighted by atomic mass is 9.96. The van der Waals surface area contributed by atoms with Crippen molar-refractivity contribution in [2.24, 2.45) is 0 Å². The van der Waals surface area contributed by atoms with Crippen LogP contribution in [-0.4, -0.2) is 20.6 Å². The van der Waals surface area contributed by atoms with Crippen LogP contribution in [0.1, 0.15) is 46.1 Å². The molecule has 0 radical (unpaired) electrons. The average molecular weight is 501 g/mol. The van der Waals surface area contributed by atoms with E-state index in [1.54, 1.807) is 6.07 Å². The lowest BCUT2D eigenvalue weighted by Crippen LogP contribution is -2.41. The van der Waals surface area contributed by atoms with Crippen LogP contribution in [0.5, 0.6) is 5.75 Å². The molecular weight excluding hydrogens is 468 g/mol. The van der Waals surface area contributed by atoms with Gasteiger partial charge in [-0.05, 0) is 80.8 Å². The monoisotopic (exact) mass is 500 g/mol. The normalized spacial score (nSPS) is 13.1. The molecule has 5 heteroatoms. The van der Waals surface area contributed by atoms with Crippen molar-refractivity contribution in [2.75, 3.05) is 9.80 Å². The summed E-state index contributed by atoms with van der Waals surface area (Å²) in [5, 5.41) is 11.4. The molecule has 38 heavy (non-hydrogen) atoms. The lowest BCUT2D eigenvalue weighted by molar-refractivity contribution is 0.480. The molecule has 0 fully saturated rings. The Balaban J connectivity index is 1.60. The SMILES string of the molecule is CC(C)c1ccnc(N2c3ccccc3N(C(C)(C)C)c3ccc(-c4ccc5cccc(O)c5n4)cc32)c1. The molecule has 0 bridgehead atoms. The molecular formula is C33H32N4O. The van der Waals surface area contributed by atoms with Crippen LogP contribution in [0.3, 0.4) is 0 Å². The van der Waals surface area contributed by atoms with Crippen LogP contribution < -0.4 is 9.80 Å². The fourth-order valence-corrected chi connectivity index (χ4v) is 5.33. The number of pyridine rings is 2. The minimum Gasteiger partial charge on any atom is -0.506 e. The van der Waals surface area contributed by atoms with Crippen molar-refractivity contribution in [1.82, 2.24) is 9.97 Å². The Labute approximate surface area is 224 Å². The number of aromatic nitrogens is 2. The third kappa shape index (κ3) is 3.95. The molecule has 0 saturated carbocycles. The zero-order chi connectivity index (χ0) is 26.6. The number of nitrogens with zero attached hydrogens (tertiary/aromatic N) is 4. The molecule has 5 aromatic rings. The fourth-order valence-electron chi connectivity index (χ4n) is 5.33. The van der Waals surface area contributed by atoms with Gasteiger partial charge < -0.3 is 10.0 Å². The third-order valence-electron chi connectivity index (χ3n) is 7.15. The molecule has 190 valence electrons. The summed E-state index contributed by atoms with van der Waals surface area (Å²) in [5.41, 5.74) is 7.87. The highest BCUT2D eigenvalue weighted by molar-refractivity contribution is 5.99.